The van der Waals surface area contributed by atoms with Gasteiger partial charge in [-0.25, -0.2) is 4.98 Å². The molecular weight excluding hydrogens is 310 g/mol. The molecule has 0 bridgehead atoms. The number of likely N-dealkylation sites (tertiary alicyclic amines) is 1. The van der Waals surface area contributed by atoms with E-state index in [1.165, 1.54) is 4.70 Å². The topological polar surface area (TPSA) is 62.3 Å². The highest BCUT2D eigenvalue weighted by molar-refractivity contribution is 7.18. The molecule has 2 aliphatic heterocycles. The molecule has 1 aromatic heterocycles. The van der Waals surface area contributed by atoms with Crippen LogP contribution in [0.25, 0.3) is 10.2 Å². The highest BCUT2D eigenvalue weighted by Gasteiger charge is 2.34. The first kappa shape index (κ1) is 14.6. The van der Waals surface area contributed by atoms with Gasteiger partial charge >= 0.3 is 0 Å². The Kier molecular flexibility index (Phi) is 3.77. The molecule has 2 atom stereocenters. The largest absolute Gasteiger partial charge is 0.344 e. The normalized spacial score (nSPS) is 24.9. The average Bonchev–Trinajstić information content (AvgIpc) is 3.20. The molecule has 5 nitrogen and oxygen atoms in total. The van der Waals surface area contributed by atoms with Crippen LogP contribution < -0.4 is 5.32 Å². The number of carbonyl (C=O) groups excluding carboxylic acids is 2. The SMILES string of the molecule is O=C1CC[C@H](C(=O)N2CCC[C@@H](c3nc4ccccc4s3)C2)N1. The Bertz CT molecular complexity index is 724. The van der Waals surface area contributed by atoms with Crippen LogP contribution in [0, 0.1) is 0 Å². The Morgan fingerprint density at radius 3 is 2.96 bits per heavy atom. The van der Waals surface area contributed by atoms with E-state index in [4.69, 9.17) is 4.98 Å². The Morgan fingerprint density at radius 1 is 1.30 bits per heavy atom. The number of aromatic nitrogens is 1. The molecule has 3 heterocycles. The second-order valence-electron chi connectivity index (χ2n) is 6.30. The molecule has 0 spiro atoms. The van der Waals surface area contributed by atoms with Crippen LogP contribution in [0.3, 0.4) is 0 Å². The Balaban J connectivity index is 1.50. The lowest BCUT2D eigenvalue weighted by Crippen LogP contribution is -2.47. The second kappa shape index (κ2) is 5.92. The van der Waals surface area contributed by atoms with Crippen LogP contribution in [-0.4, -0.2) is 40.8 Å². The Labute approximate surface area is 138 Å². The highest BCUT2D eigenvalue weighted by Crippen LogP contribution is 2.33. The summed E-state index contributed by atoms with van der Waals surface area (Å²) in [6.45, 7) is 1.50. The van der Waals surface area contributed by atoms with Crippen molar-refractivity contribution in [2.45, 2.75) is 37.6 Å². The summed E-state index contributed by atoms with van der Waals surface area (Å²) in [7, 11) is 0. The molecule has 2 saturated heterocycles. The van der Waals surface area contributed by atoms with Crippen molar-refractivity contribution in [1.82, 2.24) is 15.2 Å². The van der Waals surface area contributed by atoms with Gasteiger partial charge in [0.05, 0.1) is 15.2 Å². The lowest BCUT2D eigenvalue weighted by molar-refractivity contribution is -0.135. The number of hydrogen-bond acceptors (Lipinski definition) is 4. The lowest BCUT2D eigenvalue weighted by Gasteiger charge is -2.33. The maximum atomic E-state index is 12.6. The van der Waals surface area contributed by atoms with Gasteiger partial charge in [0.15, 0.2) is 0 Å². The maximum absolute atomic E-state index is 12.6. The fraction of sp³-hybridized carbons (Fsp3) is 0.471. The number of benzene rings is 1. The zero-order chi connectivity index (χ0) is 15.8. The van der Waals surface area contributed by atoms with Gasteiger partial charge in [-0.05, 0) is 31.4 Å². The zero-order valence-corrected chi connectivity index (χ0v) is 13.6. The van der Waals surface area contributed by atoms with E-state index >= 15 is 0 Å². The van der Waals surface area contributed by atoms with Crippen LogP contribution in [0.4, 0.5) is 0 Å². The third-order valence-electron chi connectivity index (χ3n) is 4.69. The number of thiazole rings is 1. The molecule has 1 aromatic carbocycles. The molecule has 4 rings (SSSR count). The van der Waals surface area contributed by atoms with E-state index in [1.54, 1.807) is 11.3 Å². The summed E-state index contributed by atoms with van der Waals surface area (Å²) in [5.41, 5.74) is 1.04. The van der Waals surface area contributed by atoms with Crippen molar-refractivity contribution < 1.29 is 9.59 Å². The summed E-state index contributed by atoms with van der Waals surface area (Å²) in [5.74, 6) is 0.368. The van der Waals surface area contributed by atoms with E-state index in [2.05, 4.69) is 11.4 Å². The number of nitrogens with one attached hydrogen (secondary N) is 1. The molecule has 2 fully saturated rings. The van der Waals surface area contributed by atoms with Gasteiger partial charge in [-0.2, -0.15) is 0 Å². The van der Waals surface area contributed by atoms with Crippen molar-refractivity contribution in [2.75, 3.05) is 13.1 Å². The summed E-state index contributed by atoms with van der Waals surface area (Å²) >= 11 is 1.73. The van der Waals surface area contributed by atoms with Crippen molar-refractivity contribution >= 4 is 33.4 Å². The maximum Gasteiger partial charge on any atom is 0.245 e. The molecule has 2 aliphatic rings. The minimum atomic E-state index is -0.323. The minimum absolute atomic E-state index is 0.0110. The molecule has 0 unspecified atom stereocenters. The number of piperidine rings is 1. The van der Waals surface area contributed by atoms with Crippen LogP contribution in [0.5, 0.6) is 0 Å². The van der Waals surface area contributed by atoms with Crippen molar-refractivity contribution in [3.05, 3.63) is 29.3 Å². The molecule has 0 saturated carbocycles. The molecule has 2 aromatic rings. The fourth-order valence-corrected chi connectivity index (χ4v) is 4.56. The van der Waals surface area contributed by atoms with Crippen LogP contribution >= 0.6 is 11.3 Å². The number of para-hydroxylation sites is 1. The third kappa shape index (κ3) is 2.83. The minimum Gasteiger partial charge on any atom is -0.344 e. The van der Waals surface area contributed by atoms with Gasteiger partial charge in [0, 0.05) is 25.4 Å². The van der Waals surface area contributed by atoms with Crippen LogP contribution in [0.2, 0.25) is 0 Å². The summed E-state index contributed by atoms with van der Waals surface area (Å²) in [6.07, 6.45) is 3.15. The summed E-state index contributed by atoms with van der Waals surface area (Å²) in [6, 6.07) is 7.84. The predicted molar refractivity (Wildman–Crippen MR) is 89.3 cm³/mol. The molecule has 1 N–H and O–H groups in total. The number of amides is 2. The molecule has 0 aliphatic carbocycles. The average molecular weight is 329 g/mol. The summed E-state index contributed by atoms with van der Waals surface area (Å²) in [4.78, 5) is 30.6. The monoisotopic (exact) mass is 329 g/mol. The first-order valence-corrected chi connectivity index (χ1v) is 8.96. The van der Waals surface area contributed by atoms with E-state index in [0.29, 0.717) is 25.3 Å². The summed E-state index contributed by atoms with van der Waals surface area (Å²) < 4.78 is 1.20. The van der Waals surface area contributed by atoms with E-state index in [1.807, 2.05) is 23.1 Å². The number of hydrogen-bond donors (Lipinski definition) is 1. The molecular formula is C17H19N3O2S. The number of carbonyl (C=O) groups is 2. The Morgan fingerprint density at radius 2 is 2.17 bits per heavy atom. The molecule has 120 valence electrons. The second-order valence-corrected chi connectivity index (χ2v) is 7.36. The molecule has 23 heavy (non-hydrogen) atoms. The van der Waals surface area contributed by atoms with Crippen LogP contribution in [0.15, 0.2) is 24.3 Å². The van der Waals surface area contributed by atoms with Gasteiger partial charge in [0.1, 0.15) is 6.04 Å². The van der Waals surface area contributed by atoms with Crippen molar-refractivity contribution in [1.29, 1.82) is 0 Å². The first-order valence-electron chi connectivity index (χ1n) is 8.14. The first-order chi connectivity index (χ1) is 11.2. The van der Waals surface area contributed by atoms with Gasteiger partial charge in [-0.3, -0.25) is 9.59 Å². The standard InChI is InChI=1S/C17H19N3O2S/c21-15-8-7-13(18-15)17(22)20-9-3-4-11(10-20)16-19-12-5-1-2-6-14(12)23-16/h1-2,5-6,11,13H,3-4,7-10H2,(H,18,21)/t11-,13-/m1/s1. The van der Waals surface area contributed by atoms with Gasteiger partial charge in [-0.1, -0.05) is 12.1 Å². The predicted octanol–water partition coefficient (Wildman–Crippen LogP) is 2.28. The molecule has 2 amide bonds. The van der Waals surface area contributed by atoms with Crippen LogP contribution in [-0.2, 0) is 9.59 Å². The lowest BCUT2D eigenvalue weighted by atomic mass is 9.98. The quantitative estimate of drug-likeness (QED) is 0.919. The molecule has 6 heteroatoms. The number of rotatable bonds is 2. The van der Waals surface area contributed by atoms with Crippen molar-refractivity contribution in [3.8, 4) is 0 Å². The zero-order valence-electron chi connectivity index (χ0n) is 12.8. The van der Waals surface area contributed by atoms with Gasteiger partial charge in [-0.15, -0.1) is 11.3 Å². The number of fused-ring (bicyclic) bond motifs is 1. The Hall–Kier alpha value is -1.95. The van der Waals surface area contributed by atoms with Crippen molar-refractivity contribution in [2.24, 2.45) is 0 Å². The van der Waals surface area contributed by atoms with Gasteiger partial charge in [0.25, 0.3) is 0 Å². The van der Waals surface area contributed by atoms with E-state index < -0.39 is 0 Å². The summed E-state index contributed by atoms with van der Waals surface area (Å²) in [5, 5.41) is 3.91. The van der Waals surface area contributed by atoms with E-state index in [-0.39, 0.29) is 17.9 Å². The third-order valence-corrected chi connectivity index (χ3v) is 5.89. The van der Waals surface area contributed by atoms with Gasteiger partial charge in [0.2, 0.25) is 11.8 Å². The van der Waals surface area contributed by atoms with Gasteiger partial charge < -0.3 is 10.2 Å². The van der Waals surface area contributed by atoms with E-state index in [9.17, 15) is 9.59 Å². The van der Waals surface area contributed by atoms with Crippen LogP contribution in [0.1, 0.15) is 36.6 Å². The fourth-order valence-electron chi connectivity index (χ4n) is 3.46. The van der Waals surface area contributed by atoms with E-state index in [0.717, 1.165) is 29.9 Å². The number of nitrogens with zero attached hydrogens (tertiary/aromatic N) is 2. The van der Waals surface area contributed by atoms with Crippen molar-refractivity contribution in [3.63, 3.8) is 0 Å². The molecule has 0 radical (unpaired) electrons. The highest BCUT2D eigenvalue weighted by atomic mass is 32.1. The smallest absolute Gasteiger partial charge is 0.245 e.